The standard InChI is InChI=1S/C20H34N2O3/c1-16-7-9-22(10-8-16)11-12-25-19-6-5-18(13-20(19)24-4)15-21(3)14-17(2)23/h5-6,13,16-17,23H,7-12,14-15H2,1-4H3. The van der Waals surface area contributed by atoms with Crippen molar-refractivity contribution in [2.24, 2.45) is 5.92 Å². The molecule has 1 fully saturated rings. The highest BCUT2D eigenvalue weighted by Crippen LogP contribution is 2.28. The third-order valence-corrected chi connectivity index (χ3v) is 4.80. The van der Waals surface area contributed by atoms with Crippen molar-refractivity contribution in [1.29, 1.82) is 0 Å². The Labute approximate surface area is 152 Å². The van der Waals surface area contributed by atoms with Gasteiger partial charge < -0.3 is 14.6 Å². The highest BCUT2D eigenvalue weighted by molar-refractivity contribution is 5.43. The molecule has 0 aliphatic carbocycles. The Morgan fingerprint density at radius 1 is 1.28 bits per heavy atom. The first-order chi connectivity index (χ1) is 12.0. The molecule has 1 saturated heterocycles. The van der Waals surface area contributed by atoms with Gasteiger partial charge in [-0.3, -0.25) is 9.80 Å². The summed E-state index contributed by atoms with van der Waals surface area (Å²) in [6.07, 6.45) is 2.25. The van der Waals surface area contributed by atoms with Crippen molar-refractivity contribution in [3.8, 4) is 11.5 Å². The van der Waals surface area contributed by atoms with Gasteiger partial charge in [0.2, 0.25) is 0 Å². The van der Waals surface area contributed by atoms with E-state index in [9.17, 15) is 5.11 Å². The lowest BCUT2D eigenvalue weighted by Crippen LogP contribution is -2.35. The van der Waals surface area contributed by atoms with Gasteiger partial charge in [0.05, 0.1) is 13.2 Å². The van der Waals surface area contributed by atoms with Crippen LogP contribution in [0.25, 0.3) is 0 Å². The van der Waals surface area contributed by atoms with E-state index in [0.717, 1.165) is 36.1 Å². The summed E-state index contributed by atoms with van der Waals surface area (Å²) in [5.41, 5.74) is 1.15. The number of likely N-dealkylation sites (tertiary alicyclic amines) is 1. The first kappa shape index (κ1) is 20.0. The molecule has 0 amide bonds. The van der Waals surface area contributed by atoms with Crippen LogP contribution in [-0.4, -0.2) is 68.0 Å². The number of ether oxygens (including phenoxy) is 2. The van der Waals surface area contributed by atoms with Crippen LogP contribution in [0.3, 0.4) is 0 Å². The summed E-state index contributed by atoms with van der Waals surface area (Å²) in [5.74, 6) is 2.43. The zero-order chi connectivity index (χ0) is 18.2. The summed E-state index contributed by atoms with van der Waals surface area (Å²) in [7, 11) is 3.68. The van der Waals surface area contributed by atoms with E-state index in [1.54, 1.807) is 14.0 Å². The van der Waals surface area contributed by atoms with E-state index in [1.165, 1.54) is 25.9 Å². The maximum absolute atomic E-state index is 9.47. The molecule has 1 aromatic carbocycles. The molecule has 0 saturated carbocycles. The Hall–Kier alpha value is -1.30. The fraction of sp³-hybridized carbons (Fsp3) is 0.700. The predicted molar refractivity (Wildman–Crippen MR) is 101 cm³/mol. The van der Waals surface area contributed by atoms with E-state index in [2.05, 4.69) is 22.8 Å². The monoisotopic (exact) mass is 350 g/mol. The van der Waals surface area contributed by atoms with Gasteiger partial charge >= 0.3 is 0 Å². The summed E-state index contributed by atoms with van der Waals surface area (Å²) in [5, 5.41) is 9.47. The van der Waals surface area contributed by atoms with Crippen LogP contribution in [-0.2, 0) is 6.54 Å². The lowest BCUT2D eigenvalue weighted by Gasteiger charge is -2.30. The van der Waals surface area contributed by atoms with Gasteiger partial charge in [-0.2, -0.15) is 0 Å². The smallest absolute Gasteiger partial charge is 0.161 e. The molecule has 1 aliphatic heterocycles. The van der Waals surface area contributed by atoms with Crippen molar-refractivity contribution >= 4 is 0 Å². The molecule has 1 N–H and O–H groups in total. The molecule has 1 atom stereocenters. The minimum Gasteiger partial charge on any atom is -0.493 e. The fourth-order valence-corrected chi connectivity index (χ4v) is 3.33. The lowest BCUT2D eigenvalue weighted by atomic mass is 9.99. The molecular weight excluding hydrogens is 316 g/mol. The molecular formula is C20H34N2O3. The van der Waals surface area contributed by atoms with E-state index in [0.29, 0.717) is 13.2 Å². The third-order valence-electron chi connectivity index (χ3n) is 4.80. The summed E-state index contributed by atoms with van der Waals surface area (Å²) in [6.45, 7) is 9.56. The number of nitrogens with zero attached hydrogens (tertiary/aromatic N) is 2. The number of benzene rings is 1. The van der Waals surface area contributed by atoms with Crippen molar-refractivity contribution in [3.63, 3.8) is 0 Å². The van der Waals surface area contributed by atoms with Crippen molar-refractivity contribution in [2.45, 2.75) is 39.3 Å². The van der Waals surface area contributed by atoms with Crippen LogP contribution in [0.1, 0.15) is 32.3 Å². The maximum Gasteiger partial charge on any atom is 0.161 e. The molecule has 0 spiro atoms. The van der Waals surface area contributed by atoms with Gasteiger partial charge in [-0.15, -0.1) is 0 Å². The van der Waals surface area contributed by atoms with Gasteiger partial charge in [-0.05, 0) is 63.5 Å². The van der Waals surface area contributed by atoms with Gasteiger partial charge in [0.15, 0.2) is 11.5 Å². The molecule has 1 unspecified atom stereocenters. The number of aliphatic hydroxyl groups excluding tert-OH is 1. The van der Waals surface area contributed by atoms with Crippen LogP contribution in [0.15, 0.2) is 18.2 Å². The Morgan fingerprint density at radius 2 is 2.00 bits per heavy atom. The van der Waals surface area contributed by atoms with Gasteiger partial charge in [-0.1, -0.05) is 13.0 Å². The van der Waals surface area contributed by atoms with Crippen molar-refractivity contribution in [3.05, 3.63) is 23.8 Å². The van der Waals surface area contributed by atoms with Gasteiger partial charge in [0.25, 0.3) is 0 Å². The van der Waals surface area contributed by atoms with E-state index >= 15 is 0 Å². The number of piperidine rings is 1. The fourth-order valence-electron chi connectivity index (χ4n) is 3.33. The second kappa shape index (κ2) is 10.00. The zero-order valence-corrected chi connectivity index (χ0v) is 16.2. The molecule has 25 heavy (non-hydrogen) atoms. The van der Waals surface area contributed by atoms with E-state index < -0.39 is 0 Å². The van der Waals surface area contributed by atoms with Crippen LogP contribution >= 0.6 is 0 Å². The van der Waals surface area contributed by atoms with Crippen LogP contribution in [0.4, 0.5) is 0 Å². The first-order valence-corrected chi connectivity index (χ1v) is 9.36. The Bertz CT molecular complexity index is 514. The predicted octanol–water partition coefficient (Wildman–Crippen LogP) is 2.62. The average molecular weight is 351 g/mol. The van der Waals surface area contributed by atoms with Crippen LogP contribution < -0.4 is 9.47 Å². The van der Waals surface area contributed by atoms with Crippen molar-refractivity contribution in [2.75, 3.05) is 46.9 Å². The van der Waals surface area contributed by atoms with Gasteiger partial charge in [0.1, 0.15) is 6.61 Å². The quantitative estimate of drug-likeness (QED) is 0.742. The number of aliphatic hydroxyl groups is 1. The summed E-state index contributed by atoms with van der Waals surface area (Å²) >= 11 is 0. The van der Waals surface area contributed by atoms with Crippen molar-refractivity contribution < 1.29 is 14.6 Å². The zero-order valence-electron chi connectivity index (χ0n) is 16.2. The number of methoxy groups -OCH3 is 1. The molecule has 1 aliphatic rings. The summed E-state index contributed by atoms with van der Waals surface area (Å²) < 4.78 is 11.5. The maximum atomic E-state index is 9.47. The highest BCUT2D eigenvalue weighted by Gasteiger charge is 2.15. The molecule has 1 heterocycles. The normalized spacial score (nSPS) is 17.7. The van der Waals surface area contributed by atoms with E-state index in [-0.39, 0.29) is 6.10 Å². The van der Waals surface area contributed by atoms with Gasteiger partial charge in [0, 0.05) is 19.6 Å². The molecule has 0 radical (unpaired) electrons. The molecule has 0 aromatic heterocycles. The number of hydrogen-bond donors (Lipinski definition) is 1. The number of hydrogen-bond acceptors (Lipinski definition) is 5. The topological polar surface area (TPSA) is 45.2 Å². The molecule has 142 valence electrons. The summed E-state index contributed by atoms with van der Waals surface area (Å²) in [6, 6.07) is 6.08. The molecule has 2 rings (SSSR count). The Balaban J connectivity index is 1.84. The molecule has 1 aromatic rings. The van der Waals surface area contributed by atoms with Crippen molar-refractivity contribution in [1.82, 2.24) is 9.80 Å². The van der Waals surface area contributed by atoms with E-state index in [1.807, 2.05) is 19.2 Å². The Morgan fingerprint density at radius 3 is 2.64 bits per heavy atom. The number of rotatable bonds is 9. The first-order valence-electron chi connectivity index (χ1n) is 9.36. The minimum atomic E-state index is -0.327. The number of likely N-dealkylation sites (N-methyl/N-ethyl adjacent to an activating group) is 1. The summed E-state index contributed by atoms with van der Waals surface area (Å²) in [4.78, 5) is 4.57. The van der Waals surface area contributed by atoms with E-state index in [4.69, 9.17) is 9.47 Å². The SMILES string of the molecule is COc1cc(CN(C)CC(C)O)ccc1OCCN1CCC(C)CC1. The average Bonchev–Trinajstić information content (AvgIpc) is 2.57. The molecule has 0 bridgehead atoms. The molecule has 5 heteroatoms. The second-order valence-electron chi connectivity index (χ2n) is 7.40. The highest BCUT2D eigenvalue weighted by atomic mass is 16.5. The van der Waals surface area contributed by atoms with Gasteiger partial charge in [-0.25, -0.2) is 0 Å². The Kier molecular flexibility index (Phi) is 8.00. The molecule has 5 nitrogen and oxygen atoms in total. The second-order valence-corrected chi connectivity index (χ2v) is 7.40. The van der Waals surface area contributed by atoms with Crippen LogP contribution in [0, 0.1) is 5.92 Å². The largest absolute Gasteiger partial charge is 0.493 e. The lowest BCUT2D eigenvalue weighted by molar-refractivity contribution is 0.138. The van der Waals surface area contributed by atoms with Crippen LogP contribution in [0.5, 0.6) is 11.5 Å². The third kappa shape index (κ3) is 6.84. The minimum absolute atomic E-state index is 0.327. The van der Waals surface area contributed by atoms with Crippen LogP contribution in [0.2, 0.25) is 0 Å².